The molecular formula is C14H20O4. The van der Waals surface area contributed by atoms with Crippen LogP contribution in [0.25, 0.3) is 0 Å². The molecule has 0 aromatic heterocycles. The highest BCUT2D eigenvalue weighted by Gasteiger charge is 2.53. The van der Waals surface area contributed by atoms with Gasteiger partial charge in [-0.2, -0.15) is 0 Å². The zero-order valence-electron chi connectivity index (χ0n) is 10.9. The molecule has 0 radical (unpaired) electrons. The van der Waals surface area contributed by atoms with Crippen molar-refractivity contribution in [1.29, 1.82) is 0 Å². The summed E-state index contributed by atoms with van der Waals surface area (Å²) in [5.74, 6) is -0.917. The van der Waals surface area contributed by atoms with Crippen LogP contribution in [0.15, 0.2) is 12.7 Å². The molecule has 4 nitrogen and oxygen atoms in total. The molecule has 3 atom stereocenters. The first kappa shape index (κ1) is 13.1. The van der Waals surface area contributed by atoms with Crippen molar-refractivity contribution < 1.29 is 19.4 Å². The summed E-state index contributed by atoms with van der Waals surface area (Å²) < 4.78 is 5.57. The predicted octanol–water partition coefficient (Wildman–Crippen LogP) is 2.39. The smallest absolute Gasteiger partial charge is 0.323 e. The Balaban J connectivity index is 2.15. The van der Waals surface area contributed by atoms with Gasteiger partial charge in [-0.05, 0) is 51.5 Å². The summed E-state index contributed by atoms with van der Waals surface area (Å²) in [6.45, 7) is 6.54. The number of carboxylic acids is 1. The van der Waals surface area contributed by atoms with Crippen LogP contribution in [0.5, 0.6) is 0 Å². The fraction of sp³-hybridized carbons (Fsp3) is 0.714. The lowest BCUT2D eigenvalue weighted by molar-refractivity contribution is -0.177. The molecule has 2 rings (SSSR count). The van der Waals surface area contributed by atoms with Gasteiger partial charge in [0.1, 0.15) is 5.60 Å². The first-order valence-electron chi connectivity index (χ1n) is 6.42. The van der Waals surface area contributed by atoms with Crippen molar-refractivity contribution in [2.45, 2.75) is 45.1 Å². The third-order valence-corrected chi connectivity index (χ3v) is 4.51. The van der Waals surface area contributed by atoms with Crippen LogP contribution in [-0.2, 0) is 14.3 Å². The number of aliphatic carboxylic acids is 1. The zero-order chi connectivity index (χ0) is 13.6. The number of carboxylic acid groups (broad SMARTS) is 1. The number of hydrogen-bond acceptors (Lipinski definition) is 3. The van der Waals surface area contributed by atoms with E-state index in [1.807, 2.05) is 0 Å². The van der Waals surface area contributed by atoms with E-state index in [1.165, 1.54) is 20.3 Å². The average molecular weight is 252 g/mol. The van der Waals surface area contributed by atoms with Crippen LogP contribution in [-0.4, -0.2) is 22.6 Å². The van der Waals surface area contributed by atoms with Gasteiger partial charge in [-0.25, -0.2) is 0 Å². The van der Waals surface area contributed by atoms with Crippen LogP contribution >= 0.6 is 0 Å². The second-order valence-electron chi connectivity index (χ2n) is 6.06. The fourth-order valence-corrected chi connectivity index (χ4v) is 3.13. The third-order valence-electron chi connectivity index (χ3n) is 4.51. The largest absolute Gasteiger partial charge is 0.480 e. The van der Waals surface area contributed by atoms with E-state index in [0.29, 0.717) is 11.8 Å². The molecule has 0 spiro atoms. The van der Waals surface area contributed by atoms with Crippen LogP contribution < -0.4 is 0 Å². The maximum absolute atomic E-state index is 12.1. The molecule has 1 N–H and O–H groups in total. The summed E-state index contributed by atoms with van der Waals surface area (Å²) in [6.07, 6.45) is 5.78. The molecule has 0 aliphatic heterocycles. The minimum atomic E-state index is -1.50. The van der Waals surface area contributed by atoms with Crippen LogP contribution in [0, 0.1) is 17.3 Å². The Hall–Kier alpha value is -1.32. The lowest BCUT2D eigenvalue weighted by Gasteiger charge is -2.36. The van der Waals surface area contributed by atoms with Gasteiger partial charge in [-0.15, -0.1) is 0 Å². The highest BCUT2D eigenvalue weighted by molar-refractivity contribution is 5.98. The summed E-state index contributed by atoms with van der Waals surface area (Å²) in [4.78, 5) is 23.1. The van der Waals surface area contributed by atoms with E-state index >= 15 is 0 Å². The van der Waals surface area contributed by atoms with Gasteiger partial charge < -0.3 is 9.84 Å². The summed E-state index contributed by atoms with van der Waals surface area (Å²) in [7, 11) is 0. The van der Waals surface area contributed by atoms with Crippen molar-refractivity contribution in [1.82, 2.24) is 0 Å². The first-order valence-corrected chi connectivity index (χ1v) is 6.42. The highest BCUT2D eigenvalue weighted by Crippen LogP contribution is 2.53. The normalized spacial score (nSPS) is 34.3. The van der Waals surface area contributed by atoms with Gasteiger partial charge in [0.2, 0.25) is 0 Å². The number of fused-ring (bicyclic) bond motifs is 2. The molecule has 2 bridgehead atoms. The Morgan fingerprint density at radius 2 is 2.11 bits per heavy atom. The maximum atomic E-state index is 12.1. The molecule has 18 heavy (non-hydrogen) atoms. The highest BCUT2D eigenvalue weighted by atomic mass is 16.6. The minimum Gasteiger partial charge on any atom is -0.480 e. The van der Waals surface area contributed by atoms with Crippen LogP contribution in [0.4, 0.5) is 0 Å². The van der Waals surface area contributed by atoms with Gasteiger partial charge >= 0.3 is 11.9 Å². The fourth-order valence-electron chi connectivity index (χ4n) is 3.13. The third kappa shape index (κ3) is 1.84. The Kier molecular flexibility index (Phi) is 2.99. The molecule has 3 unspecified atom stereocenters. The Labute approximate surface area is 107 Å². The molecule has 0 aromatic rings. The molecular weight excluding hydrogens is 232 g/mol. The molecule has 2 aliphatic rings. The molecule has 0 aromatic carbocycles. The average Bonchev–Trinajstić information content (AvgIpc) is 2.89. The van der Waals surface area contributed by atoms with Crippen LogP contribution in [0.2, 0.25) is 0 Å². The Morgan fingerprint density at radius 3 is 2.50 bits per heavy atom. The molecule has 0 saturated heterocycles. The molecule has 100 valence electrons. The van der Waals surface area contributed by atoms with E-state index in [2.05, 4.69) is 6.58 Å². The number of hydrogen-bond donors (Lipinski definition) is 1. The number of carbonyl (C=O) groups is 2. The van der Waals surface area contributed by atoms with E-state index < -0.39 is 23.0 Å². The molecule has 0 amide bonds. The lowest BCUT2D eigenvalue weighted by atomic mass is 9.83. The summed E-state index contributed by atoms with van der Waals surface area (Å²) in [6, 6.07) is 0. The van der Waals surface area contributed by atoms with Crippen molar-refractivity contribution in [3.05, 3.63) is 12.7 Å². The van der Waals surface area contributed by atoms with Gasteiger partial charge in [-0.3, -0.25) is 9.59 Å². The second kappa shape index (κ2) is 4.11. The van der Waals surface area contributed by atoms with Crippen LogP contribution in [0.3, 0.4) is 0 Å². The topological polar surface area (TPSA) is 63.6 Å². The number of ether oxygens (including phenoxy) is 1. The number of rotatable bonds is 4. The molecule has 0 heterocycles. The van der Waals surface area contributed by atoms with E-state index in [-0.39, 0.29) is 0 Å². The van der Waals surface area contributed by atoms with Crippen molar-refractivity contribution in [3.63, 3.8) is 0 Å². The molecule has 2 saturated carbocycles. The van der Waals surface area contributed by atoms with Crippen LogP contribution in [0.1, 0.15) is 39.5 Å². The van der Waals surface area contributed by atoms with Gasteiger partial charge in [0.05, 0.1) is 0 Å². The number of carbonyl (C=O) groups excluding carboxylic acids is 1. The van der Waals surface area contributed by atoms with Crippen molar-refractivity contribution in [2.24, 2.45) is 17.3 Å². The maximum Gasteiger partial charge on any atom is 0.323 e. The first-order chi connectivity index (χ1) is 8.32. The van der Waals surface area contributed by atoms with Gasteiger partial charge in [0, 0.05) is 5.92 Å². The quantitative estimate of drug-likeness (QED) is 0.474. The van der Waals surface area contributed by atoms with Gasteiger partial charge in [0.25, 0.3) is 0 Å². The lowest BCUT2D eigenvalue weighted by Crippen LogP contribution is -2.44. The van der Waals surface area contributed by atoms with Crippen molar-refractivity contribution in [3.8, 4) is 0 Å². The van der Waals surface area contributed by atoms with E-state index in [0.717, 1.165) is 19.3 Å². The standard InChI is InChI=1S/C14H20O4/c1-4-14(8-9-5-6-10(14)7-9)18-12(17)13(2,3)11(15)16/h4,9-10H,1,5-8H2,2-3H3,(H,15,16). The van der Waals surface area contributed by atoms with E-state index in [4.69, 9.17) is 9.84 Å². The Morgan fingerprint density at radius 1 is 1.44 bits per heavy atom. The Bertz CT molecular complexity index is 399. The summed E-state index contributed by atoms with van der Waals surface area (Å²) >= 11 is 0. The molecule has 4 heteroatoms. The zero-order valence-corrected chi connectivity index (χ0v) is 10.9. The molecule has 2 fully saturated rings. The van der Waals surface area contributed by atoms with E-state index in [1.54, 1.807) is 6.08 Å². The monoisotopic (exact) mass is 252 g/mol. The van der Waals surface area contributed by atoms with Gasteiger partial charge in [0.15, 0.2) is 5.41 Å². The van der Waals surface area contributed by atoms with Crippen molar-refractivity contribution >= 4 is 11.9 Å². The summed E-state index contributed by atoms with van der Waals surface area (Å²) in [5.41, 5.74) is -2.13. The molecule has 2 aliphatic carbocycles. The SMILES string of the molecule is C=CC1(OC(=O)C(C)(C)C(=O)O)CC2CCC1C2. The second-order valence-corrected chi connectivity index (χ2v) is 6.06. The van der Waals surface area contributed by atoms with Gasteiger partial charge in [-0.1, -0.05) is 6.58 Å². The predicted molar refractivity (Wildman–Crippen MR) is 65.9 cm³/mol. The summed E-state index contributed by atoms with van der Waals surface area (Å²) in [5, 5.41) is 9.05. The van der Waals surface area contributed by atoms with Crippen molar-refractivity contribution in [2.75, 3.05) is 0 Å². The number of esters is 1. The van der Waals surface area contributed by atoms with E-state index in [9.17, 15) is 9.59 Å². The minimum absolute atomic E-state index is 0.313.